The molecule has 0 aliphatic heterocycles. The summed E-state index contributed by atoms with van der Waals surface area (Å²) in [5, 5.41) is 9.98. The standard InChI is InChI=1S/C15H29N5O/c1-6-7-12-13(16)14(19-18-12)15(21)17-11(8-10(2)3)9-20(4)5/h10-11H,6-9,16H2,1-5H3,(H,17,21)(H,18,19). The number of hydrogen-bond acceptors (Lipinski definition) is 4. The first kappa shape index (κ1) is 17.5. The molecule has 0 bridgehead atoms. The Kier molecular flexibility index (Phi) is 6.68. The van der Waals surface area contributed by atoms with E-state index in [-0.39, 0.29) is 11.9 Å². The molecule has 1 atom stereocenters. The van der Waals surface area contributed by atoms with Crippen LogP contribution >= 0.6 is 0 Å². The van der Waals surface area contributed by atoms with Crippen molar-refractivity contribution in [2.24, 2.45) is 5.92 Å². The zero-order valence-corrected chi connectivity index (χ0v) is 13.9. The number of nitrogens with one attached hydrogen (secondary N) is 2. The Morgan fingerprint density at radius 1 is 1.43 bits per heavy atom. The zero-order valence-electron chi connectivity index (χ0n) is 13.9. The molecule has 0 aliphatic carbocycles. The van der Waals surface area contributed by atoms with Gasteiger partial charge < -0.3 is 16.0 Å². The topological polar surface area (TPSA) is 87.0 Å². The van der Waals surface area contributed by atoms with Gasteiger partial charge in [0.25, 0.3) is 5.91 Å². The minimum absolute atomic E-state index is 0.0956. The van der Waals surface area contributed by atoms with Crippen molar-refractivity contribution in [1.29, 1.82) is 0 Å². The van der Waals surface area contributed by atoms with E-state index in [0.29, 0.717) is 17.3 Å². The van der Waals surface area contributed by atoms with Crippen LogP contribution in [-0.2, 0) is 6.42 Å². The second-order valence-corrected chi connectivity index (χ2v) is 6.28. The second-order valence-electron chi connectivity index (χ2n) is 6.28. The molecule has 1 unspecified atom stereocenters. The predicted molar refractivity (Wildman–Crippen MR) is 86.3 cm³/mol. The first-order valence-corrected chi connectivity index (χ1v) is 7.63. The van der Waals surface area contributed by atoms with Crippen molar-refractivity contribution >= 4 is 11.6 Å². The van der Waals surface area contributed by atoms with Gasteiger partial charge in [0.2, 0.25) is 0 Å². The SMILES string of the molecule is CCCc1[nH]nc(C(=O)NC(CC(C)C)CN(C)C)c1N. The Morgan fingerprint density at radius 3 is 2.62 bits per heavy atom. The molecule has 1 amide bonds. The summed E-state index contributed by atoms with van der Waals surface area (Å²) in [7, 11) is 4.00. The highest BCUT2D eigenvalue weighted by molar-refractivity contribution is 5.97. The fourth-order valence-electron chi connectivity index (χ4n) is 2.44. The van der Waals surface area contributed by atoms with E-state index >= 15 is 0 Å². The summed E-state index contributed by atoms with van der Waals surface area (Å²) in [6, 6.07) is 0.0956. The number of carbonyl (C=O) groups excluding carboxylic acids is 1. The molecule has 6 nitrogen and oxygen atoms in total. The average Bonchev–Trinajstić information content (AvgIpc) is 2.70. The van der Waals surface area contributed by atoms with Gasteiger partial charge >= 0.3 is 0 Å². The molecular formula is C15H29N5O. The molecule has 0 saturated heterocycles. The molecule has 0 fully saturated rings. The lowest BCUT2D eigenvalue weighted by Crippen LogP contribution is -2.42. The number of nitrogen functional groups attached to an aromatic ring is 1. The number of aromatic amines is 1. The summed E-state index contributed by atoms with van der Waals surface area (Å²) in [5.41, 5.74) is 7.63. The Labute approximate surface area is 127 Å². The van der Waals surface area contributed by atoms with E-state index < -0.39 is 0 Å². The van der Waals surface area contributed by atoms with E-state index in [2.05, 4.69) is 41.2 Å². The number of amides is 1. The molecule has 1 aromatic heterocycles. The van der Waals surface area contributed by atoms with Crippen molar-refractivity contribution in [3.05, 3.63) is 11.4 Å². The molecule has 1 aromatic rings. The summed E-state index contributed by atoms with van der Waals surface area (Å²) >= 11 is 0. The highest BCUT2D eigenvalue weighted by Gasteiger charge is 2.21. The van der Waals surface area contributed by atoms with Crippen LogP contribution in [0, 0.1) is 5.92 Å². The molecule has 1 rings (SSSR count). The Balaban J connectivity index is 2.76. The van der Waals surface area contributed by atoms with Gasteiger partial charge in [0.1, 0.15) is 0 Å². The minimum Gasteiger partial charge on any atom is -0.395 e. The summed E-state index contributed by atoms with van der Waals surface area (Å²) in [6.45, 7) is 7.17. The third kappa shape index (κ3) is 5.38. The largest absolute Gasteiger partial charge is 0.395 e. The number of nitrogens with two attached hydrogens (primary N) is 1. The summed E-state index contributed by atoms with van der Waals surface area (Å²) in [4.78, 5) is 14.4. The number of anilines is 1. The average molecular weight is 295 g/mol. The normalized spacial score (nSPS) is 12.9. The molecule has 120 valence electrons. The predicted octanol–water partition coefficient (Wildman–Crippen LogP) is 1.65. The highest BCUT2D eigenvalue weighted by Crippen LogP contribution is 2.16. The maximum absolute atomic E-state index is 12.4. The molecule has 0 aromatic carbocycles. The third-order valence-electron chi connectivity index (χ3n) is 3.27. The van der Waals surface area contributed by atoms with Crippen molar-refractivity contribution < 1.29 is 4.79 Å². The zero-order chi connectivity index (χ0) is 16.0. The van der Waals surface area contributed by atoms with Crippen molar-refractivity contribution in [2.45, 2.75) is 46.1 Å². The van der Waals surface area contributed by atoms with E-state index in [1.165, 1.54) is 0 Å². The lowest BCUT2D eigenvalue weighted by atomic mass is 10.0. The molecule has 4 N–H and O–H groups in total. The Hall–Kier alpha value is -1.56. The fourth-order valence-corrected chi connectivity index (χ4v) is 2.44. The summed E-state index contributed by atoms with van der Waals surface area (Å²) in [6.07, 6.45) is 2.69. The number of hydrogen-bond donors (Lipinski definition) is 3. The maximum Gasteiger partial charge on any atom is 0.274 e. The van der Waals surface area contributed by atoms with Crippen LogP contribution in [0.2, 0.25) is 0 Å². The van der Waals surface area contributed by atoms with Gasteiger partial charge in [-0.05, 0) is 32.9 Å². The quantitative estimate of drug-likeness (QED) is 0.680. The number of nitrogens with zero attached hydrogens (tertiary/aromatic N) is 2. The molecule has 0 spiro atoms. The Bertz CT molecular complexity index is 443. The molecule has 1 heterocycles. The van der Waals surface area contributed by atoms with E-state index in [0.717, 1.165) is 31.5 Å². The third-order valence-corrected chi connectivity index (χ3v) is 3.27. The van der Waals surface area contributed by atoms with Crippen LogP contribution in [0.15, 0.2) is 0 Å². The van der Waals surface area contributed by atoms with Crippen LogP contribution in [0.4, 0.5) is 5.69 Å². The summed E-state index contributed by atoms with van der Waals surface area (Å²) < 4.78 is 0. The van der Waals surface area contributed by atoms with Crippen LogP contribution in [0.5, 0.6) is 0 Å². The number of rotatable bonds is 8. The number of aryl methyl sites for hydroxylation is 1. The maximum atomic E-state index is 12.4. The summed E-state index contributed by atoms with van der Waals surface area (Å²) in [5.74, 6) is 0.320. The van der Waals surface area contributed by atoms with Gasteiger partial charge in [-0.2, -0.15) is 5.10 Å². The van der Waals surface area contributed by atoms with E-state index in [9.17, 15) is 4.79 Å². The van der Waals surface area contributed by atoms with Crippen LogP contribution < -0.4 is 11.1 Å². The van der Waals surface area contributed by atoms with Gasteiger partial charge in [0.05, 0.1) is 11.4 Å². The van der Waals surface area contributed by atoms with Crippen LogP contribution in [-0.4, -0.2) is 47.7 Å². The van der Waals surface area contributed by atoms with Crippen molar-refractivity contribution in [2.75, 3.05) is 26.4 Å². The minimum atomic E-state index is -0.196. The van der Waals surface area contributed by atoms with Gasteiger partial charge in [-0.1, -0.05) is 27.2 Å². The van der Waals surface area contributed by atoms with Gasteiger partial charge in [-0.15, -0.1) is 0 Å². The molecular weight excluding hydrogens is 266 g/mol. The lowest BCUT2D eigenvalue weighted by Gasteiger charge is -2.23. The van der Waals surface area contributed by atoms with Gasteiger partial charge in [0, 0.05) is 12.6 Å². The smallest absolute Gasteiger partial charge is 0.274 e. The number of H-pyrrole nitrogens is 1. The van der Waals surface area contributed by atoms with Crippen LogP contribution in [0.25, 0.3) is 0 Å². The van der Waals surface area contributed by atoms with E-state index in [1.54, 1.807) is 0 Å². The number of carbonyl (C=O) groups is 1. The van der Waals surface area contributed by atoms with Gasteiger partial charge in [0.15, 0.2) is 5.69 Å². The van der Waals surface area contributed by atoms with E-state index in [1.807, 2.05) is 14.1 Å². The van der Waals surface area contributed by atoms with Crippen LogP contribution in [0.1, 0.15) is 49.8 Å². The van der Waals surface area contributed by atoms with Crippen LogP contribution in [0.3, 0.4) is 0 Å². The molecule has 0 aliphatic rings. The van der Waals surface area contributed by atoms with Crippen molar-refractivity contribution in [3.63, 3.8) is 0 Å². The highest BCUT2D eigenvalue weighted by atomic mass is 16.2. The van der Waals surface area contributed by atoms with Crippen molar-refractivity contribution in [1.82, 2.24) is 20.4 Å². The first-order valence-electron chi connectivity index (χ1n) is 7.63. The molecule has 0 radical (unpaired) electrons. The van der Waals surface area contributed by atoms with Gasteiger partial charge in [-0.3, -0.25) is 9.89 Å². The lowest BCUT2D eigenvalue weighted by molar-refractivity contribution is 0.0920. The van der Waals surface area contributed by atoms with Gasteiger partial charge in [-0.25, -0.2) is 0 Å². The first-order chi connectivity index (χ1) is 9.85. The van der Waals surface area contributed by atoms with Crippen molar-refractivity contribution in [3.8, 4) is 0 Å². The molecule has 21 heavy (non-hydrogen) atoms. The van der Waals surface area contributed by atoms with E-state index in [4.69, 9.17) is 5.73 Å². The molecule has 0 saturated carbocycles. The monoisotopic (exact) mass is 295 g/mol. The second kappa shape index (κ2) is 8.02. The number of likely N-dealkylation sites (N-methyl/N-ethyl adjacent to an activating group) is 1. The number of aromatic nitrogens is 2. The Morgan fingerprint density at radius 2 is 2.10 bits per heavy atom. The fraction of sp³-hybridized carbons (Fsp3) is 0.733. The molecule has 6 heteroatoms.